The summed E-state index contributed by atoms with van der Waals surface area (Å²) in [5.41, 5.74) is 1.88. The lowest BCUT2D eigenvalue weighted by Crippen LogP contribution is -2.40. The Balaban J connectivity index is 1.55. The molecular formula is C22H28F2N4O. The molecule has 1 heterocycles. The molecule has 0 aromatic heterocycles. The number of hydrogen-bond donors (Lipinski definition) is 2. The van der Waals surface area contributed by atoms with Crippen LogP contribution in [0.4, 0.5) is 14.5 Å². The van der Waals surface area contributed by atoms with Crippen LogP contribution in [0.2, 0.25) is 0 Å². The summed E-state index contributed by atoms with van der Waals surface area (Å²) in [6, 6.07) is 17.2. The van der Waals surface area contributed by atoms with Gasteiger partial charge in [-0.05, 0) is 37.5 Å². The van der Waals surface area contributed by atoms with Gasteiger partial charge in [-0.15, -0.1) is 0 Å². The van der Waals surface area contributed by atoms with Crippen LogP contribution in [-0.4, -0.2) is 38.8 Å². The Bertz CT molecular complexity index is 785. The highest BCUT2D eigenvalue weighted by molar-refractivity contribution is 5.79. The van der Waals surface area contributed by atoms with Crippen molar-refractivity contribution >= 4 is 11.6 Å². The molecule has 2 aromatic carbocycles. The summed E-state index contributed by atoms with van der Waals surface area (Å²) in [6.45, 7) is 2.99. The molecule has 29 heavy (non-hydrogen) atoms. The zero-order chi connectivity index (χ0) is 20.5. The highest BCUT2D eigenvalue weighted by Crippen LogP contribution is 2.23. The molecule has 0 bridgehead atoms. The van der Waals surface area contributed by atoms with Crippen molar-refractivity contribution in [2.45, 2.75) is 26.5 Å². The fraction of sp³-hybridized carbons (Fsp3) is 0.409. The number of alkyl halides is 2. The highest BCUT2D eigenvalue weighted by atomic mass is 19.3. The third-order valence-corrected chi connectivity index (χ3v) is 4.91. The Morgan fingerprint density at radius 2 is 1.90 bits per heavy atom. The van der Waals surface area contributed by atoms with Crippen LogP contribution in [0.25, 0.3) is 0 Å². The molecule has 0 radical (unpaired) electrons. The van der Waals surface area contributed by atoms with E-state index in [1.54, 1.807) is 18.2 Å². The molecule has 1 atom stereocenters. The smallest absolute Gasteiger partial charge is 0.387 e. The molecule has 0 aliphatic carbocycles. The Morgan fingerprint density at radius 3 is 2.66 bits per heavy atom. The minimum atomic E-state index is -2.85. The fourth-order valence-electron chi connectivity index (χ4n) is 3.46. The van der Waals surface area contributed by atoms with Gasteiger partial charge in [-0.3, -0.25) is 0 Å². The Kier molecular flexibility index (Phi) is 7.67. The lowest BCUT2D eigenvalue weighted by Gasteiger charge is -2.19. The van der Waals surface area contributed by atoms with Crippen molar-refractivity contribution in [3.8, 4) is 5.75 Å². The van der Waals surface area contributed by atoms with Crippen molar-refractivity contribution in [1.82, 2.24) is 10.6 Å². The molecule has 2 aromatic rings. The molecule has 1 saturated heterocycles. The molecule has 1 aliphatic rings. The van der Waals surface area contributed by atoms with Gasteiger partial charge in [0.15, 0.2) is 5.96 Å². The van der Waals surface area contributed by atoms with E-state index in [0.29, 0.717) is 17.4 Å². The number of halogens is 2. The molecule has 2 N–H and O–H groups in total. The van der Waals surface area contributed by atoms with Crippen LogP contribution in [0.5, 0.6) is 5.75 Å². The van der Waals surface area contributed by atoms with E-state index in [9.17, 15) is 8.78 Å². The number of hydrogen-bond acceptors (Lipinski definition) is 3. The minimum Gasteiger partial charge on any atom is -0.434 e. The zero-order valence-corrected chi connectivity index (χ0v) is 16.7. The predicted octanol–water partition coefficient (Wildman–Crippen LogP) is 3.87. The van der Waals surface area contributed by atoms with E-state index in [4.69, 9.17) is 0 Å². The van der Waals surface area contributed by atoms with Crippen molar-refractivity contribution in [2.75, 3.05) is 31.1 Å². The number of aliphatic imine (C=N–C) groups is 1. The predicted molar refractivity (Wildman–Crippen MR) is 113 cm³/mol. The second-order valence-electron chi connectivity index (χ2n) is 7.00. The normalized spacial score (nSPS) is 16.9. The Morgan fingerprint density at radius 1 is 1.14 bits per heavy atom. The third-order valence-electron chi connectivity index (χ3n) is 4.91. The van der Waals surface area contributed by atoms with E-state index in [2.05, 4.69) is 49.5 Å². The molecule has 1 fully saturated rings. The number of nitrogens with zero attached hydrogens (tertiary/aromatic N) is 2. The lowest BCUT2D eigenvalue weighted by molar-refractivity contribution is -0.0504. The van der Waals surface area contributed by atoms with E-state index >= 15 is 0 Å². The van der Waals surface area contributed by atoms with Gasteiger partial charge in [-0.1, -0.05) is 36.4 Å². The van der Waals surface area contributed by atoms with Crippen LogP contribution in [-0.2, 0) is 6.54 Å². The van der Waals surface area contributed by atoms with Gasteiger partial charge in [0.1, 0.15) is 5.75 Å². The number of ether oxygens (including phenoxy) is 1. The first kappa shape index (κ1) is 20.9. The number of benzene rings is 2. The van der Waals surface area contributed by atoms with E-state index in [1.807, 2.05) is 13.0 Å². The van der Waals surface area contributed by atoms with Crippen LogP contribution in [0.15, 0.2) is 59.6 Å². The van der Waals surface area contributed by atoms with Gasteiger partial charge in [0.2, 0.25) is 0 Å². The van der Waals surface area contributed by atoms with Crippen LogP contribution in [0.1, 0.15) is 18.9 Å². The first-order chi connectivity index (χ1) is 14.2. The number of nitrogens with one attached hydrogen (secondary N) is 2. The maximum Gasteiger partial charge on any atom is 0.387 e. The summed E-state index contributed by atoms with van der Waals surface area (Å²) < 4.78 is 29.7. The summed E-state index contributed by atoms with van der Waals surface area (Å²) in [5, 5.41) is 6.60. The zero-order valence-electron chi connectivity index (χ0n) is 16.7. The largest absolute Gasteiger partial charge is 0.434 e. The van der Waals surface area contributed by atoms with E-state index < -0.39 is 6.61 Å². The SMILES string of the molecule is CCNC(=NCc1ccccc1OC(F)F)NCC1CCN(c2ccccc2)C1. The van der Waals surface area contributed by atoms with Crippen LogP contribution >= 0.6 is 0 Å². The molecule has 5 nitrogen and oxygen atoms in total. The molecule has 1 unspecified atom stereocenters. The van der Waals surface area contributed by atoms with E-state index in [-0.39, 0.29) is 12.3 Å². The molecule has 0 spiro atoms. The van der Waals surface area contributed by atoms with Crippen molar-refractivity contribution < 1.29 is 13.5 Å². The summed E-state index contributed by atoms with van der Waals surface area (Å²) >= 11 is 0. The van der Waals surface area contributed by atoms with Crippen LogP contribution < -0.4 is 20.3 Å². The van der Waals surface area contributed by atoms with Crippen LogP contribution in [0.3, 0.4) is 0 Å². The molecule has 0 saturated carbocycles. The first-order valence-electron chi connectivity index (χ1n) is 10.0. The van der Waals surface area contributed by atoms with Crippen molar-refractivity contribution in [3.05, 3.63) is 60.2 Å². The molecule has 3 rings (SSSR count). The second kappa shape index (κ2) is 10.6. The first-order valence-corrected chi connectivity index (χ1v) is 10.0. The fourth-order valence-corrected chi connectivity index (χ4v) is 3.46. The van der Waals surface area contributed by atoms with Gasteiger partial charge < -0.3 is 20.3 Å². The number of rotatable bonds is 8. The van der Waals surface area contributed by atoms with E-state index in [0.717, 1.165) is 32.6 Å². The van der Waals surface area contributed by atoms with Crippen molar-refractivity contribution in [3.63, 3.8) is 0 Å². The maximum atomic E-state index is 12.6. The molecule has 1 aliphatic heterocycles. The second-order valence-corrected chi connectivity index (χ2v) is 7.00. The van der Waals surface area contributed by atoms with Gasteiger partial charge in [0.25, 0.3) is 0 Å². The average Bonchev–Trinajstić information content (AvgIpc) is 3.20. The standard InChI is InChI=1S/C22H28F2N4O/c1-2-25-22(27-15-18-8-6-7-11-20(18)29-21(23)24)26-14-17-12-13-28(16-17)19-9-4-3-5-10-19/h3-11,17,21H,2,12-16H2,1H3,(H2,25,26,27). The van der Waals surface area contributed by atoms with E-state index in [1.165, 1.54) is 11.8 Å². The van der Waals surface area contributed by atoms with Gasteiger partial charge in [-0.25, -0.2) is 4.99 Å². The van der Waals surface area contributed by atoms with Gasteiger partial charge in [0.05, 0.1) is 6.54 Å². The maximum absolute atomic E-state index is 12.6. The quantitative estimate of drug-likeness (QED) is 0.520. The number of anilines is 1. The Hall–Kier alpha value is -2.83. The molecule has 0 amide bonds. The van der Waals surface area contributed by atoms with Crippen molar-refractivity contribution in [2.24, 2.45) is 10.9 Å². The summed E-state index contributed by atoms with van der Waals surface area (Å²) in [6.07, 6.45) is 1.12. The summed E-state index contributed by atoms with van der Waals surface area (Å²) in [4.78, 5) is 6.94. The summed E-state index contributed by atoms with van der Waals surface area (Å²) in [7, 11) is 0. The van der Waals surface area contributed by atoms with Gasteiger partial charge >= 0.3 is 6.61 Å². The highest BCUT2D eigenvalue weighted by Gasteiger charge is 2.22. The number of guanidine groups is 1. The topological polar surface area (TPSA) is 48.9 Å². The lowest BCUT2D eigenvalue weighted by atomic mass is 10.1. The van der Waals surface area contributed by atoms with Gasteiger partial charge in [-0.2, -0.15) is 8.78 Å². The average molecular weight is 402 g/mol. The monoisotopic (exact) mass is 402 g/mol. The molecular weight excluding hydrogens is 374 g/mol. The third kappa shape index (κ3) is 6.34. The summed E-state index contributed by atoms with van der Waals surface area (Å²) in [5.74, 6) is 1.36. The number of para-hydroxylation sites is 2. The van der Waals surface area contributed by atoms with Gasteiger partial charge in [0, 0.05) is 37.4 Å². The molecule has 7 heteroatoms. The molecule has 156 valence electrons. The van der Waals surface area contributed by atoms with Crippen LogP contribution in [0, 0.1) is 5.92 Å². The Labute approximate surface area is 170 Å². The van der Waals surface area contributed by atoms with Crippen molar-refractivity contribution in [1.29, 1.82) is 0 Å². The minimum absolute atomic E-state index is 0.163.